The van der Waals surface area contributed by atoms with Gasteiger partial charge in [-0.25, -0.2) is 4.39 Å². The summed E-state index contributed by atoms with van der Waals surface area (Å²) in [5, 5.41) is 4.52. The largest absolute Gasteiger partial charge is 0.390 e. The Hall–Kier alpha value is -2.13. The number of hydrogen-bond acceptors (Lipinski definition) is 3. The lowest BCUT2D eigenvalue weighted by Gasteiger charge is -2.28. The maximum absolute atomic E-state index is 13.3. The van der Waals surface area contributed by atoms with Gasteiger partial charge in [-0.3, -0.25) is 14.4 Å². The maximum Gasteiger partial charge on any atom is 0.390 e. The molecule has 0 N–H and O–H groups in total. The van der Waals surface area contributed by atoms with Crippen LogP contribution in [0.1, 0.15) is 33.7 Å². The number of carbonyl (C=O) groups is 1. The number of aryl methyl sites for hydroxylation is 1. The minimum absolute atomic E-state index is 0.169. The molecule has 1 amide bonds. The highest BCUT2D eigenvalue weighted by molar-refractivity contribution is 6.31. The fourth-order valence-corrected chi connectivity index (χ4v) is 3.60. The minimum atomic E-state index is -4.30. The van der Waals surface area contributed by atoms with Crippen molar-refractivity contribution in [1.82, 2.24) is 19.6 Å². The molecule has 0 saturated heterocycles. The van der Waals surface area contributed by atoms with Gasteiger partial charge in [0.25, 0.3) is 5.91 Å². The summed E-state index contributed by atoms with van der Waals surface area (Å²) in [6, 6.07) is 4.17. The molecule has 0 saturated carbocycles. The summed E-state index contributed by atoms with van der Waals surface area (Å²) in [5.41, 5.74) is 2.19. The Morgan fingerprint density at radius 1 is 1.31 bits per heavy atom. The normalized spacial score (nSPS) is 14.7. The van der Waals surface area contributed by atoms with Gasteiger partial charge >= 0.3 is 6.18 Å². The van der Waals surface area contributed by atoms with E-state index in [2.05, 4.69) is 5.10 Å². The number of aromatic nitrogens is 2. The number of hydrogen-bond donors (Lipinski definition) is 0. The smallest absolute Gasteiger partial charge is 0.343 e. The third-order valence-corrected chi connectivity index (χ3v) is 5.19. The minimum Gasteiger partial charge on any atom is -0.343 e. The van der Waals surface area contributed by atoms with Crippen molar-refractivity contribution in [2.75, 3.05) is 20.6 Å². The molecular formula is C19H21ClF4N4O. The average molecular weight is 433 g/mol. The second-order valence-electron chi connectivity index (χ2n) is 7.26. The summed E-state index contributed by atoms with van der Waals surface area (Å²) in [5.74, 6) is -0.779. The second kappa shape index (κ2) is 8.31. The topological polar surface area (TPSA) is 41.4 Å². The van der Waals surface area contributed by atoms with Gasteiger partial charge in [-0.2, -0.15) is 18.3 Å². The second-order valence-corrected chi connectivity index (χ2v) is 7.67. The molecule has 10 heteroatoms. The molecule has 0 spiro atoms. The van der Waals surface area contributed by atoms with Crippen molar-refractivity contribution >= 4 is 17.5 Å². The first-order valence-corrected chi connectivity index (χ1v) is 9.46. The molecule has 0 radical (unpaired) electrons. The zero-order valence-corrected chi connectivity index (χ0v) is 16.8. The van der Waals surface area contributed by atoms with Crippen molar-refractivity contribution < 1.29 is 22.4 Å². The van der Waals surface area contributed by atoms with E-state index in [-0.39, 0.29) is 18.1 Å². The Morgan fingerprint density at radius 3 is 2.66 bits per heavy atom. The van der Waals surface area contributed by atoms with Gasteiger partial charge in [0.15, 0.2) is 5.69 Å². The fraction of sp³-hybridized carbons (Fsp3) is 0.474. The number of fused-ring (bicyclic) bond motifs is 1. The molecule has 2 aromatic rings. The van der Waals surface area contributed by atoms with Gasteiger partial charge in [-0.15, -0.1) is 0 Å². The molecule has 1 aliphatic heterocycles. The van der Waals surface area contributed by atoms with Crippen LogP contribution in [0.5, 0.6) is 0 Å². The highest BCUT2D eigenvalue weighted by Gasteiger charge is 2.32. The average Bonchev–Trinajstić information content (AvgIpc) is 2.99. The lowest BCUT2D eigenvalue weighted by Crippen LogP contribution is -2.32. The van der Waals surface area contributed by atoms with Crippen molar-refractivity contribution in [2.45, 2.75) is 38.7 Å². The molecule has 1 aliphatic rings. The first-order chi connectivity index (χ1) is 13.5. The van der Waals surface area contributed by atoms with E-state index in [1.807, 2.05) is 4.90 Å². The van der Waals surface area contributed by atoms with Crippen LogP contribution in [0.3, 0.4) is 0 Å². The van der Waals surface area contributed by atoms with Crippen molar-refractivity contribution in [1.29, 1.82) is 0 Å². The van der Waals surface area contributed by atoms with Gasteiger partial charge in [0.05, 0.1) is 6.42 Å². The van der Waals surface area contributed by atoms with Crippen LogP contribution in [0.4, 0.5) is 17.6 Å². The van der Waals surface area contributed by atoms with E-state index in [1.54, 1.807) is 20.2 Å². The van der Waals surface area contributed by atoms with Crippen LogP contribution in [0.25, 0.3) is 0 Å². The van der Waals surface area contributed by atoms with E-state index >= 15 is 0 Å². The molecule has 5 nitrogen and oxygen atoms in total. The summed E-state index contributed by atoms with van der Waals surface area (Å²) in [4.78, 5) is 15.9. The van der Waals surface area contributed by atoms with Crippen LogP contribution in [-0.4, -0.2) is 52.3 Å². The van der Waals surface area contributed by atoms with E-state index in [0.29, 0.717) is 42.3 Å². The van der Waals surface area contributed by atoms with E-state index in [9.17, 15) is 22.4 Å². The number of nitrogens with zero attached hydrogens (tertiary/aromatic N) is 4. The highest BCUT2D eigenvalue weighted by Crippen LogP contribution is 2.28. The fourth-order valence-electron chi connectivity index (χ4n) is 3.37. The molecule has 158 valence electrons. The molecule has 29 heavy (non-hydrogen) atoms. The van der Waals surface area contributed by atoms with Gasteiger partial charge in [-0.05, 0) is 17.7 Å². The number of alkyl halides is 3. The number of benzene rings is 1. The van der Waals surface area contributed by atoms with Crippen molar-refractivity contribution in [3.05, 3.63) is 51.6 Å². The Balaban J connectivity index is 1.86. The Kier molecular flexibility index (Phi) is 6.19. The monoisotopic (exact) mass is 432 g/mol. The van der Waals surface area contributed by atoms with E-state index in [1.165, 1.54) is 21.7 Å². The zero-order valence-electron chi connectivity index (χ0n) is 16.1. The molecular weight excluding hydrogens is 412 g/mol. The van der Waals surface area contributed by atoms with Crippen molar-refractivity contribution in [3.63, 3.8) is 0 Å². The van der Waals surface area contributed by atoms with Gasteiger partial charge in [0.2, 0.25) is 0 Å². The summed E-state index contributed by atoms with van der Waals surface area (Å²) in [7, 11) is 3.14. The maximum atomic E-state index is 13.3. The van der Waals surface area contributed by atoms with Crippen LogP contribution < -0.4 is 0 Å². The molecule has 0 bridgehead atoms. The van der Waals surface area contributed by atoms with Crippen LogP contribution in [-0.2, 0) is 26.1 Å². The number of carbonyl (C=O) groups excluding carboxylic acids is 1. The van der Waals surface area contributed by atoms with E-state index < -0.39 is 18.4 Å². The Bertz CT molecular complexity index is 910. The van der Waals surface area contributed by atoms with Gasteiger partial charge in [-0.1, -0.05) is 17.7 Å². The lowest BCUT2D eigenvalue weighted by molar-refractivity contribution is -0.137. The molecule has 0 aliphatic carbocycles. The Labute approximate surface area is 170 Å². The predicted octanol–water partition coefficient (Wildman–Crippen LogP) is 3.89. The molecule has 3 rings (SSSR count). The molecule has 0 unspecified atom stereocenters. The first kappa shape index (κ1) is 21.6. The standard InChI is InChI=1S/C19H21ClF4N4O/c1-26(2)18(29)17-14-11-27(10-12-3-4-13(21)9-15(12)20)7-5-16(14)28(25-17)8-6-19(22,23)24/h3-4,9H,5-8,10-11H2,1-2H3. The van der Waals surface area contributed by atoms with Crippen molar-refractivity contribution in [2.24, 2.45) is 0 Å². The highest BCUT2D eigenvalue weighted by atomic mass is 35.5. The molecule has 2 heterocycles. The predicted molar refractivity (Wildman–Crippen MR) is 100 cm³/mol. The van der Waals surface area contributed by atoms with E-state index in [4.69, 9.17) is 11.6 Å². The molecule has 0 fully saturated rings. The summed E-state index contributed by atoms with van der Waals surface area (Å²) >= 11 is 6.11. The van der Waals surface area contributed by atoms with Crippen LogP contribution in [0.2, 0.25) is 5.02 Å². The van der Waals surface area contributed by atoms with Crippen LogP contribution in [0, 0.1) is 5.82 Å². The number of amides is 1. The third-order valence-electron chi connectivity index (χ3n) is 4.84. The number of halogens is 5. The first-order valence-electron chi connectivity index (χ1n) is 9.08. The quantitative estimate of drug-likeness (QED) is 0.673. The summed E-state index contributed by atoms with van der Waals surface area (Å²) in [6.45, 7) is 1.02. The molecule has 0 atom stereocenters. The zero-order chi connectivity index (χ0) is 21.3. The van der Waals surface area contributed by atoms with Gasteiger partial charge in [0, 0.05) is 63.0 Å². The van der Waals surface area contributed by atoms with Gasteiger partial charge in [0.1, 0.15) is 5.82 Å². The van der Waals surface area contributed by atoms with Gasteiger partial charge < -0.3 is 4.90 Å². The molecule has 1 aromatic heterocycles. The summed E-state index contributed by atoms with van der Waals surface area (Å²) in [6.07, 6.45) is -4.85. The SMILES string of the molecule is CN(C)C(=O)c1nn(CCC(F)(F)F)c2c1CN(Cc1ccc(F)cc1Cl)CC2. The Morgan fingerprint density at radius 2 is 2.03 bits per heavy atom. The van der Waals surface area contributed by atoms with Crippen LogP contribution in [0.15, 0.2) is 18.2 Å². The summed E-state index contributed by atoms with van der Waals surface area (Å²) < 4.78 is 52.6. The third kappa shape index (κ3) is 5.08. The number of rotatable bonds is 5. The lowest BCUT2D eigenvalue weighted by atomic mass is 10.0. The van der Waals surface area contributed by atoms with Crippen molar-refractivity contribution in [3.8, 4) is 0 Å². The van der Waals surface area contributed by atoms with Crippen LogP contribution >= 0.6 is 11.6 Å². The van der Waals surface area contributed by atoms with E-state index in [0.717, 1.165) is 5.56 Å². The molecule has 1 aromatic carbocycles.